The standard InChI is InChI=1S/C54H34N6O/c1-6-16-35(17-7-1)42-30-31-44-45-32-43(36-26-28-41(29-27-36)53-56-49(37-18-8-2-9-19-37)55-50(57-53)38-20-10-3-11-21-38)33-46(48(45)61-47(44)34-42)54-59-51(39-22-12-4-13-23-39)58-52(60-54)40-24-14-5-15-25-40/h1-34H. The van der Waals surface area contributed by atoms with Gasteiger partial charge in [0.2, 0.25) is 0 Å². The van der Waals surface area contributed by atoms with Crippen molar-refractivity contribution in [2.75, 3.05) is 0 Å². The van der Waals surface area contributed by atoms with Crippen LogP contribution >= 0.6 is 0 Å². The van der Waals surface area contributed by atoms with Crippen molar-refractivity contribution < 1.29 is 4.42 Å². The first-order valence-electron chi connectivity index (χ1n) is 20.1. The van der Waals surface area contributed by atoms with Crippen LogP contribution in [0.2, 0.25) is 0 Å². The maximum absolute atomic E-state index is 6.83. The highest BCUT2D eigenvalue weighted by Crippen LogP contribution is 2.41. The lowest BCUT2D eigenvalue weighted by atomic mass is 9.97. The third kappa shape index (κ3) is 7.00. The normalized spacial score (nSPS) is 11.3. The Bertz CT molecular complexity index is 3210. The maximum Gasteiger partial charge on any atom is 0.167 e. The molecule has 0 spiro atoms. The highest BCUT2D eigenvalue weighted by Gasteiger charge is 2.21. The topological polar surface area (TPSA) is 90.5 Å². The van der Waals surface area contributed by atoms with Gasteiger partial charge < -0.3 is 4.42 Å². The van der Waals surface area contributed by atoms with Gasteiger partial charge in [-0.2, -0.15) is 0 Å². The van der Waals surface area contributed by atoms with Crippen LogP contribution in [0.5, 0.6) is 0 Å². The second-order valence-corrected chi connectivity index (χ2v) is 14.7. The predicted molar refractivity (Wildman–Crippen MR) is 244 cm³/mol. The van der Waals surface area contributed by atoms with Crippen molar-refractivity contribution in [1.82, 2.24) is 29.9 Å². The fourth-order valence-electron chi connectivity index (χ4n) is 7.70. The number of hydrogen-bond donors (Lipinski definition) is 0. The molecule has 0 fully saturated rings. The summed E-state index contributed by atoms with van der Waals surface area (Å²) in [7, 11) is 0. The van der Waals surface area contributed by atoms with Crippen LogP contribution in [-0.4, -0.2) is 29.9 Å². The Morgan fingerprint density at radius 2 is 0.590 bits per heavy atom. The van der Waals surface area contributed by atoms with E-state index in [-0.39, 0.29) is 0 Å². The van der Waals surface area contributed by atoms with Crippen LogP contribution in [0.1, 0.15) is 0 Å². The molecule has 0 saturated carbocycles. The molecule has 11 rings (SSSR count). The van der Waals surface area contributed by atoms with Crippen molar-refractivity contribution in [3.63, 3.8) is 0 Å². The van der Waals surface area contributed by atoms with Crippen molar-refractivity contribution in [3.05, 3.63) is 206 Å². The van der Waals surface area contributed by atoms with E-state index >= 15 is 0 Å². The SMILES string of the molecule is c1ccc(-c2ccc3c(c2)oc2c(-c4nc(-c5ccccc5)nc(-c5ccccc5)n4)cc(-c4ccc(-c5nc(-c6ccccc6)nc(-c6ccccc6)n5)cc4)cc23)cc1. The van der Waals surface area contributed by atoms with Crippen LogP contribution < -0.4 is 0 Å². The molecule has 8 aromatic carbocycles. The minimum absolute atomic E-state index is 0.519. The average molecular weight is 783 g/mol. The minimum Gasteiger partial charge on any atom is -0.455 e. The van der Waals surface area contributed by atoms with Crippen LogP contribution in [0.15, 0.2) is 211 Å². The smallest absolute Gasteiger partial charge is 0.167 e. The van der Waals surface area contributed by atoms with Crippen LogP contribution in [-0.2, 0) is 0 Å². The van der Waals surface area contributed by atoms with E-state index in [2.05, 4.69) is 78.9 Å². The molecule has 0 bridgehead atoms. The van der Waals surface area contributed by atoms with Gasteiger partial charge >= 0.3 is 0 Å². The quantitative estimate of drug-likeness (QED) is 0.152. The lowest BCUT2D eigenvalue weighted by Crippen LogP contribution is -2.00. The molecular weight excluding hydrogens is 749 g/mol. The third-order valence-electron chi connectivity index (χ3n) is 10.8. The van der Waals surface area contributed by atoms with Gasteiger partial charge in [0.05, 0.1) is 5.56 Å². The van der Waals surface area contributed by atoms with Gasteiger partial charge in [0.25, 0.3) is 0 Å². The van der Waals surface area contributed by atoms with Gasteiger partial charge in [-0.05, 0) is 46.5 Å². The van der Waals surface area contributed by atoms with Crippen LogP contribution in [0, 0.1) is 0 Å². The lowest BCUT2D eigenvalue weighted by molar-refractivity contribution is 0.669. The number of furan rings is 1. The lowest BCUT2D eigenvalue weighted by Gasteiger charge is -2.11. The minimum atomic E-state index is 0.519. The first kappa shape index (κ1) is 35.7. The van der Waals surface area contributed by atoms with Crippen LogP contribution in [0.4, 0.5) is 0 Å². The highest BCUT2D eigenvalue weighted by atomic mass is 16.3. The predicted octanol–water partition coefficient (Wildman–Crippen LogP) is 13.3. The Labute approximate surface area is 351 Å². The Balaban J connectivity index is 1.08. The fraction of sp³-hybridized carbons (Fsp3) is 0. The Hall–Kier alpha value is -8.42. The van der Waals surface area contributed by atoms with Crippen LogP contribution in [0.3, 0.4) is 0 Å². The molecule has 11 aromatic rings. The molecule has 286 valence electrons. The number of nitrogens with zero attached hydrogens (tertiary/aromatic N) is 6. The van der Waals surface area contributed by atoms with Crippen molar-refractivity contribution in [3.8, 4) is 90.6 Å². The van der Waals surface area contributed by atoms with Crippen molar-refractivity contribution >= 4 is 21.9 Å². The summed E-state index contributed by atoms with van der Waals surface area (Å²) in [5.74, 6) is 3.51. The number of rotatable bonds is 8. The van der Waals surface area contributed by atoms with Gasteiger partial charge in [0, 0.05) is 38.6 Å². The van der Waals surface area contributed by atoms with Gasteiger partial charge in [-0.15, -0.1) is 0 Å². The summed E-state index contributed by atoms with van der Waals surface area (Å²) in [5.41, 5.74) is 11.0. The molecule has 0 amide bonds. The largest absolute Gasteiger partial charge is 0.455 e. The van der Waals surface area contributed by atoms with Gasteiger partial charge in [-0.1, -0.05) is 182 Å². The van der Waals surface area contributed by atoms with E-state index in [1.165, 1.54) is 0 Å². The van der Waals surface area contributed by atoms with Gasteiger partial charge in [0.15, 0.2) is 34.9 Å². The second-order valence-electron chi connectivity index (χ2n) is 14.7. The van der Waals surface area contributed by atoms with E-state index < -0.39 is 0 Å². The zero-order valence-corrected chi connectivity index (χ0v) is 32.7. The molecule has 3 heterocycles. The van der Waals surface area contributed by atoms with Gasteiger partial charge in [-0.25, -0.2) is 29.9 Å². The zero-order valence-electron chi connectivity index (χ0n) is 32.7. The summed E-state index contributed by atoms with van der Waals surface area (Å²) >= 11 is 0. The molecule has 7 heteroatoms. The molecular formula is C54H34N6O. The third-order valence-corrected chi connectivity index (χ3v) is 10.8. The first-order chi connectivity index (χ1) is 30.2. The van der Waals surface area contributed by atoms with Gasteiger partial charge in [0.1, 0.15) is 11.2 Å². The molecule has 0 aliphatic heterocycles. The molecule has 0 saturated heterocycles. The summed E-state index contributed by atoms with van der Waals surface area (Å²) < 4.78 is 6.83. The van der Waals surface area contributed by atoms with E-state index in [1.54, 1.807) is 0 Å². The molecule has 0 aliphatic carbocycles. The van der Waals surface area contributed by atoms with Crippen molar-refractivity contribution in [1.29, 1.82) is 0 Å². The van der Waals surface area contributed by atoms with E-state index in [0.717, 1.165) is 72.0 Å². The fourth-order valence-corrected chi connectivity index (χ4v) is 7.70. The second kappa shape index (κ2) is 15.4. The molecule has 0 atom stereocenters. The van der Waals surface area contributed by atoms with E-state index in [9.17, 15) is 0 Å². The molecule has 0 N–H and O–H groups in total. The van der Waals surface area contributed by atoms with Gasteiger partial charge in [-0.3, -0.25) is 0 Å². The summed E-state index contributed by atoms with van der Waals surface area (Å²) in [6.45, 7) is 0. The van der Waals surface area contributed by atoms with E-state index in [4.69, 9.17) is 34.3 Å². The molecule has 0 radical (unpaired) electrons. The molecule has 3 aromatic heterocycles. The highest BCUT2D eigenvalue weighted by molar-refractivity contribution is 6.11. The van der Waals surface area contributed by atoms with Crippen molar-refractivity contribution in [2.24, 2.45) is 0 Å². The van der Waals surface area contributed by atoms with Crippen LogP contribution in [0.25, 0.3) is 113 Å². The summed E-state index contributed by atoms with van der Waals surface area (Å²) in [4.78, 5) is 30.0. The number of fused-ring (bicyclic) bond motifs is 3. The molecule has 0 aliphatic rings. The first-order valence-corrected chi connectivity index (χ1v) is 20.1. The Kier molecular flexibility index (Phi) is 9.02. The monoisotopic (exact) mass is 782 g/mol. The zero-order chi connectivity index (χ0) is 40.5. The van der Waals surface area contributed by atoms with E-state index in [1.807, 2.05) is 127 Å². The molecule has 7 nitrogen and oxygen atoms in total. The number of hydrogen-bond acceptors (Lipinski definition) is 7. The molecule has 0 unspecified atom stereocenters. The Morgan fingerprint density at radius 1 is 0.246 bits per heavy atom. The summed E-state index contributed by atoms with van der Waals surface area (Å²) in [6, 6.07) is 69.5. The number of aromatic nitrogens is 6. The summed E-state index contributed by atoms with van der Waals surface area (Å²) in [6.07, 6.45) is 0. The maximum atomic E-state index is 6.83. The molecule has 61 heavy (non-hydrogen) atoms. The van der Waals surface area contributed by atoms with E-state index in [0.29, 0.717) is 40.5 Å². The summed E-state index contributed by atoms with van der Waals surface area (Å²) in [5, 5.41) is 1.97. The Morgan fingerprint density at radius 3 is 1.03 bits per heavy atom. The number of benzene rings is 8. The van der Waals surface area contributed by atoms with Crippen molar-refractivity contribution in [2.45, 2.75) is 0 Å². The average Bonchev–Trinajstić information content (AvgIpc) is 3.73.